The lowest BCUT2D eigenvalue weighted by molar-refractivity contribution is -0.141. The number of anilines is 2. The van der Waals surface area contributed by atoms with Crippen LogP contribution in [0, 0.1) is 23.7 Å². The van der Waals surface area contributed by atoms with E-state index in [-0.39, 0.29) is 22.6 Å². The molecule has 1 atom stereocenters. The van der Waals surface area contributed by atoms with Crippen molar-refractivity contribution in [3.05, 3.63) is 81.3 Å². The molecule has 4 N–H and O–H groups in total. The number of nitrogens with zero attached hydrogens (tertiary/aromatic N) is 4. The summed E-state index contributed by atoms with van der Waals surface area (Å²) < 4.78 is 1.50. The number of fused-ring (bicyclic) bond motifs is 2. The Hall–Kier alpha value is -4.26. The van der Waals surface area contributed by atoms with Gasteiger partial charge < -0.3 is 20.6 Å². The highest BCUT2D eigenvalue weighted by Gasteiger charge is 2.60. The number of pyridine rings is 1. The molecule has 2 aromatic carbocycles. The maximum absolute atomic E-state index is 13.0. The van der Waals surface area contributed by atoms with E-state index in [1.807, 2.05) is 30.3 Å². The Balaban J connectivity index is 1.35. The van der Waals surface area contributed by atoms with E-state index in [9.17, 15) is 4.79 Å². The van der Waals surface area contributed by atoms with Gasteiger partial charge in [0.15, 0.2) is 0 Å². The van der Waals surface area contributed by atoms with E-state index in [1.54, 1.807) is 19.6 Å². The SMILES string of the molecule is C#Cc1cnc2c(Cl)cc(N[C@H](C3=CN(C45CC(C4)C5)NN3)c3cccc4c(=O)n(C)cnc34)cc2c1NCC(C)(C)C. The first-order valence-corrected chi connectivity index (χ1v) is 15.0. The first-order valence-electron chi connectivity index (χ1n) is 14.6. The number of nitrogens with one attached hydrogen (secondary N) is 4. The molecule has 3 fully saturated rings. The summed E-state index contributed by atoms with van der Waals surface area (Å²) in [6.07, 6.45) is 14.9. The lowest BCUT2D eigenvalue weighted by atomic mass is 9.49. The Kier molecular flexibility index (Phi) is 6.35. The lowest BCUT2D eigenvalue weighted by Crippen LogP contribution is -2.69. The first-order chi connectivity index (χ1) is 20.5. The van der Waals surface area contributed by atoms with Crippen LogP contribution in [0.4, 0.5) is 11.4 Å². The summed E-state index contributed by atoms with van der Waals surface area (Å²) in [5.41, 5.74) is 12.3. The molecule has 3 aliphatic carbocycles. The molecular weight excluding hydrogens is 560 g/mol. The molecule has 2 bridgehead atoms. The second kappa shape index (κ2) is 9.90. The topological polar surface area (TPSA) is 99.1 Å². The summed E-state index contributed by atoms with van der Waals surface area (Å²) in [6.45, 7) is 7.22. The highest BCUT2D eigenvalue weighted by Crippen LogP contribution is 2.60. The molecule has 8 rings (SSSR count). The van der Waals surface area contributed by atoms with Gasteiger partial charge in [-0.05, 0) is 48.8 Å². The van der Waals surface area contributed by atoms with Gasteiger partial charge in [0, 0.05) is 42.6 Å². The number of benzene rings is 2. The van der Waals surface area contributed by atoms with Gasteiger partial charge in [-0.1, -0.05) is 50.4 Å². The number of hydrogen-bond donors (Lipinski definition) is 4. The molecule has 10 heteroatoms. The van der Waals surface area contributed by atoms with Gasteiger partial charge in [-0.2, -0.15) is 0 Å². The number of aryl methyl sites for hydroxylation is 1. The minimum absolute atomic E-state index is 0.0323. The molecular formula is C33H35ClN8O. The summed E-state index contributed by atoms with van der Waals surface area (Å²) in [6, 6.07) is 9.27. The molecule has 3 saturated carbocycles. The van der Waals surface area contributed by atoms with Crippen molar-refractivity contribution >= 4 is 44.8 Å². The predicted molar refractivity (Wildman–Crippen MR) is 172 cm³/mol. The van der Waals surface area contributed by atoms with Gasteiger partial charge in [0.05, 0.1) is 56.3 Å². The van der Waals surface area contributed by atoms with Crippen molar-refractivity contribution in [3.63, 3.8) is 0 Å². The molecule has 2 aromatic heterocycles. The zero-order chi connectivity index (χ0) is 30.1. The van der Waals surface area contributed by atoms with Crippen LogP contribution in [0.2, 0.25) is 5.02 Å². The van der Waals surface area contributed by atoms with Gasteiger partial charge in [0.25, 0.3) is 5.56 Å². The maximum Gasteiger partial charge on any atom is 0.260 e. The number of aromatic nitrogens is 3. The molecule has 4 aliphatic rings. The Morgan fingerprint density at radius 3 is 2.67 bits per heavy atom. The third kappa shape index (κ3) is 4.66. The fourth-order valence-electron chi connectivity index (χ4n) is 6.44. The number of rotatable bonds is 7. The van der Waals surface area contributed by atoms with Gasteiger partial charge in [-0.3, -0.25) is 14.8 Å². The van der Waals surface area contributed by atoms with Crippen molar-refractivity contribution in [1.82, 2.24) is 30.5 Å². The van der Waals surface area contributed by atoms with E-state index in [2.05, 4.69) is 64.5 Å². The summed E-state index contributed by atoms with van der Waals surface area (Å²) in [5.74, 6) is 3.62. The van der Waals surface area contributed by atoms with E-state index in [1.165, 1.54) is 23.8 Å². The predicted octanol–water partition coefficient (Wildman–Crippen LogP) is 5.45. The molecule has 0 saturated heterocycles. The number of hydrazine groups is 2. The lowest BCUT2D eigenvalue weighted by Gasteiger charge is -2.64. The number of hydrogen-bond acceptors (Lipinski definition) is 8. The van der Waals surface area contributed by atoms with E-state index in [0.29, 0.717) is 27.0 Å². The van der Waals surface area contributed by atoms with Crippen molar-refractivity contribution in [2.24, 2.45) is 18.4 Å². The standard InChI is InChI=1S/C33H35ClN8O/c1-6-20-15-35-29-24(27(20)36-17-32(2,3)4)10-21(11-25(29)34)38-30(26-16-42(40-39-26)33-12-19(13-33)14-33)22-8-7-9-23-28(22)37-18-41(5)31(23)43/h1,7-11,15-16,18-19,30,38-40H,12-14,17H2,2-5H3,(H,35,36)/t19?,30-,33?/m0/s1. The summed E-state index contributed by atoms with van der Waals surface area (Å²) in [4.78, 5) is 22.3. The van der Waals surface area contributed by atoms with Crippen LogP contribution >= 0.6 is 11.6 Å². The minimum Gasteiger partial charge on any atom is -0.383 e. The maximum atomic E-state index is 13.0. The Morgan fingerprint density at radius 1 is 1.19 bits per heavy atom. The van der Waals surface area contributed by atoms with Gasteiger partial charge >= 0.3 is 0 Å². The second-order valence-electron chi connectivity index (χ2n) is 13.3. The van der Waals surface area contributed by atoms with Crippen LogP contribution in [0.15, 0.2) is 59.5 Å². The minimum atomic E-state index is -0.378. The molecule has 0 spiro atoms. The molecule has 0 radical (unpaired) electrons. The Bertz CT molecular complexity index is 1900. The van der Waals surface area contributed by atoms with Gasteiger partial charge in [-0.25, -0.2) is 4.98 Å². The van der Waals surface area contributed by atoms with Crippen molar-refractivity contribution in [2.45, 2.75) is 51.6 Å². The molecule has 0 unspecified atom stereocenters. The molecule has 43 heavy (non-hydrogen) atoms. The van der Waals surface area contributed by atoms with Crippen LogP contribution in [0.25, 0.3) is 21.8 Å². The molecule has 0 amide bonds. The van der Waals surface area contributed by atoms with Crippen LogP contribution < -0.4 is 27.2 Å². The summed E-state index contributed by atoms with van der Waals surface area (Å²) >= 11 is 6.87. The highest BCUT2D eigenvalue weighted by molar-refractivity contribution is 6.35. The van der Waals surface area contributed by atoms with Gasteiger partial charge in [0.2, 0.25) is 0 Å². The summed E-state index contributed by atoms with van der Waals surface area (Å²) in [7, 11) is 1.71. The number of terminal acetylenes is 1. The van der Waals surface area contributed by atoms with Crippen LogP contribution in [0.3, 0.4) is 0 Å². The van der Waals surface area contributed by atoms with Gasteiger partial charge in [-0.15, -0.1) is 12.0 Å². The second-order valence-corrected chi connectivity index (χ2v) is 13.7. The fraction of sp³-hybridized carbons (Fsp3) is 0.364. The van der Waals surface area contributed by atoms with Crippen LogP contribution in [-0.4, -0.2) is 31.6 Å². The van der Waals surface area contributed by atoms with Crippen molar-refractivity contribution in [1.29, 1.82) is 0 Å². The number of halogens is 1. The van der Waals surface area contributed by atoms with E-state index in [4.69, 9.17) is 23.0 Å². The summed E-state index contributed by atoms with van der Waals surface area (Å²) in [5, 5.41) is 11.4. The smallest absolute Gasteiger partial charge is 0.260 e. The van der Waals surface area contributed by atoms with Crippen LogP contribution in [0.1, 0.15) is 57.2 Å². The largest absolute Gasteiger partial charge is 0.383 e. The van der Waals surface area contributed by atoms with E-state index >= 15 is 0 Å². The van der Waals surface area contributed by atoms with Crippen LogP contribution in [-0.2, 0) is 7.05 Å². The third-order valence-electron chi connectivity index (χ3n) is 8.89. The quantitative estimate of drug-likeness (QED) is 0.210. The molecule has 4 aromatic rings. The highest BCUT2D eigenvalue weighted by atomic mass is 35.5. The van der Waals surface area contributed by atoms with E-state index < -0.39 is 0 Å². The Morgan fingerprint density at radius 2 is 1.98 bits per heavy atom. The monoisotopic (exact) mass is 594 g/mol. The third-order valence-corrected chi connectivity index (χ3v) is 9.18. The first kappa shape index (κ1) is 27.6. The zero-order valence-corrected chi connectivity index (χ0v) is 25.5. The average molecular weight is 595 g/mol. The number of para-hydroxylation sites is 1. The van der Waals surface area contributed by atoms with Gasteiger partial charge in [0.1, 0.15) is 0 Å². The normalized spacial score (nSPS) is 21.4. The zero-order valence-electron chi connectivity index (χ0n) is 24.8. The van der Waals surface area contributed by atoms with Crippen molar-refractivity contribution in [2.75, 3.05) is 17.2 Å². The van der Waals surface area contributed by atoms with Crippen LogP contribution in [0.5, 0.6) is 0 Å². The molecule has 3 heterocycles. The fourth-order valence-corrected chi connectivity index (χ4v) is 6.71. The molecule has 9 nitrogen and oxygen atoms in total. The van der Waals surface area contributed by atoms with E-state index in [0.717, 1.165) is 40.5 Å². The Labute approximate surface area is 255 Å². The van der Waals surface area contributed by atoms with Crippen molar-refractivity contribution in [3.8, 4) is 12.3 Å². The molecule has 220 valence electrons. The van der Waals surface area contributed by atoms with Crippen molar-refractivity contribution < 1.29 is 0 Å². The average Bonchev–Trinajstić information content (AvgIpc) is 3.39. The molecule has 1 aliphatic heterocycles.